The quantitative estimate of drug-likeness (QED) is 0.614. The molecule has 0 heterocycles. The van der Waals surface area contributed by atoms with Gasteiger partial charge in [0.25, 0.3) is 0 Å². The Kier molecular flexibility index (Phi) is 4.30. The van der Waals surface area contributed by atoms with Crippen molar-refractivity contribution in [2.75, 3.05) is 6.61 Å². The molecule has 0 bridgehead atoms. The first-order valence-corrected chi connectivity index (χ1v) is 6.42. The first-order chi connectivity index (χ1) is 9.39. The van der Waals surface area contributed by atoms with Crippen molar-refractivity contribution in [1.29, 1.82) is 0 Å². The molecule has 0 aromatic heterocycles. The maximum atomic E-state index is 13.7. The second-order valence-electron chi connectivity index (χ2n) is 4.89. The third-order valence-electron chi connectivity index (χ3n) is 3.51. The van der Waals surface area contributed by atoms with Crippen molar-refractivity contribution < 1.29 is 27.1 Å². The molecule has 1 aromatic carbocycles. The summed E-state index contributed by atoms with van der Waals surface area (Å²) in [7, 11) is 0. The van der Waals surface area contributed by atoms with E-state index >= 15 is 0 Å². The monoisotopic (exact) mass is 290 g/mol. The van der Waals surface area contributed by atoms with Crippen molar-refractivity contribution in [2.24, 2.45) is 5.92 Å². The normalized spacial score (nSPS) is 15.8. The van der Waals surface area contributed by atoms with Crippen LogP contribution in [-0.2, 0) is 10.9 Å². The van der Waals surface area contributed by atoms with E-state index in [0.717, 1.165) is 31.4 Å². The highest BCUT2D eigenvalue weighted by Gasteiger charge is 2.36. The van der Waals surface area contributed by atoms with Gasteiger partial charge >= 0.3 is 12.1 Å². The molecule has 0 amide bonds. The minimum Gasteiger partial charge on any atom is -0.462 e. The summed E-state index contributed by atoms with van der Waals surface area (Å²) in [6.45, 7) is 0.110. The van der Waals surface area contributed by atoms with Gasteiger partial charge < -0.3 is 4.74 Å². The van der Waals surface area contributed by atoms with Crippen molar-refractivity contribution in [3.8, 4) is 0 Å². The van der Waals surface area contributed by atoms with Gasteiger partial charge in [0.2, 0.25) is 0 Å². The molecule has 20 heavy (non-hydrogen) atoms. The third kappa shape index (κ3) is 3.29. The summed E-state index contributed by atoms with van der Waals surface area (Å²) >= 11 is 0. The summed E-state index contributed by atoms with van der Waals surface area (Å²) in [6.07, 6.45) is -0.843. The third-order valence-corrected chi connectivity index (χ3v) is 3.51. The van der Waals surface area contributed by atoms with E-state index in [-0.39, 0.29) is 6.61 Å². The number of carbonyl (C=O) groups is 1. The minimum atomic E-state index is -4.83. The van der Waals surface area contributed by atoms with E-state index in [1.807, 2.05) is 0 Å². The zero-order chi connectivity index (χ0) is 14.8. The van der Waals surface area contributed by atoms with Crippen molar-refractivity contribution >= 4 is 5.97 Å². The number of hydrogen-bond donors (Lipinski definition) is 0. The van der Waals surface area contributed by atoms with Crippen LogP contribution in [0.3, 0.4) is 0 Å². The number of rotatable bonds is 4. The van der Waals surface area contributed by atoms with E-state index in [9.17, 15) is 22.4 Å². The van der Waals surface area contributed by atoms with Gasteiger partial charge in [0.15, 0.2) is 0 Å². The van der Waals surface area contributed by atoms with Crippen molar-refractivity contribution in [2.45, 2.75) is 31.9 Å². The Labute approximate surface area is 113 Å². The maximum Gasteiger partial charge on any atom is 0.419 e. The number of benzene rings is 1. The van der Waals surface area contributed by atoms with Crippen molar-refractivity contribution in [3.63, 3.8) is 0 Å². The predicted octanol–water partition coefficient (Wildman–Crippen LogP) is 4.19. The van der Waals surface area contributed by atoms with E-state index < -0.39 is 29.1 Å². The molecule has 2 rings (SSSR count). The van der Waals surface area contributed by atoms with Crippen LogP contribution < -0.4 is 0 Å². The van der Waals surface area contributed by atoms with E-state index in [1.165, 1.54) is 0 Å². The Morgan fingerprint density at radius 3 is 2.55 bits per heavy atom. The molecular weight excluding hydrogens is 276 g/mol. The van der Waals surface area contributed by atoms with Crippen LogP contribution in [0.1, 0.15) is 41.6 Å². The van der Waals surface area contributed by atoms with E-state index in [0.29, 0.717) is 18.4 Å². The number of hydrogen-bond acceptors (Lipinski definition) is 2. The summed E-state index contributed by atoms with van der Waals surface area (Å²) in [5.74, 6) is -2.12. The minimum absolute atomic E-state index is 0.110. The van der Waals surface area contributed by atoms with Gasteiger partial charge in [-0.05, 0) is 24.5 Å². The predicted molar refractivity (Wildman–Crippen MR) is 63.6 cm³/mol. The van der Waals surface area contributed by atoms with Crippen molar-refractivity contribution in [3.05, 3.63) is 35.1 Å². The molecule has 1 aliphatic rings. The average molecular weight is 290 g/mol. The molecular formula is C14H14F4O2. The van der Waals surface area contributed by atoms with Gasteiger partial charge in [-0.1, -0.05) is 25.3 Å². The SMILES string of the molecule is O=C(OCCC1CCC1)c1cccc(C(F)(F)F)c1F. The van der Waals surface area contributed by atoms with Gasteiger partial charge in [-0.3, -0.25) is 0 Å². The first-order valence-electron chi connectivity index (χ1n) is 6.42. The topological polar surface area (TPSA) is 26.3 Å². The van der Waals surface area contributed by atoms with Crippen molar-refractivity contribution in [1.82, 2.24) is 0 Å². The fraction of sp³-hybridized carbons (Fsp3) is 0.500. The number of alkyl halides is 3. The summed E-state index contributed by atoms with van der Waals surface area (Å²) in [6, 6.07) is 2.59. The Balaban J connectivity index is 2.01. The van der Waals surface area contributed by atoms with Crippen LogP contribution in [0.5, 0.6) is 0 Å². The maximum absolute atomic E-state index is 13.7. The first kappa shape index (κ1) is 14.8. The van der Waals surface area contributed by atoms with Crippen LogP contribution >= 0.6 is 0 Å². The van der Waals surface area contributed by atoms with Crippen LogP contribution in [-0.4, -0.2) is 12.6 Å². The molecule has 2 nitrogen and oxygen atoms in total. The molecule has 1 aliphatic carbocycles. The van der Waals surface area contributed by atoms with Crippen LogP contribution in [0.2, 0.25) is 0 Å². The van der Waals surface area contributed by atoms with Crippen LogP contribution in [0.25, 0.3) is 0 Å². The van der Waals surface area contributed by atoms with E-state index in [2.05, 4.69) is 0 Å². The standard InChI is InChI=1S/C14H14F4O2/c15-12-10(5-2-6-11(12)14(16,17)18)13(19)20-8-7-9-3-1-4-9/h2,5-6,9H,1,3-4,7-8H2. The molecule has 1 aromatic rings. The van der Waals surface area contributed by atoms with Gasteiger partial charge in [-0.15, -0.1) is 0 Å². The summed E-state index contributed by atoms with van der Waals surface area (Å²) in [5.41, 5.74) is -2.13. The van der Waals surface area contributed by atoms with Gasteiger partial charge in [0.05, 0.1) is 17.7 Å². The molecule has 1 fully saturated rings. The Morgan fingerprint density at radius 1 is 1.30 bits per heavy atom. The molecule has 110 valence electrons. The lowest BCUT2D eigenvalue weighted by molar-refractivity contribution is -0.140. The molecule has 0 aliphatic heterocycles. The molecule has 0 saturated heterocycles. The second kappa shape index (κ2) is 5.81. The Morgan fingerprint density at radius 2 is 2.00 bits per heavy atom. The highest BCUT2D eigenvalue weighted by Crippen LogP contribution is 2.33. The van der Waals surface area contributed by atoms with Crippen LogP contribution in [0, 0.1) is 11.7 Å². The summed E-state index contributed by atoms with van der Waals surface area (Å²) < 4.78 is 56.0. The molecule has 1 saturated carbocycles. The molecule has 0 atom stereocenters. The van der Waals surface area contributed by atoms with Gasteiger partial charge in [0, 0.05) is 0 Å². The number of halogens is 4. The Hall–Kier alpha value is -1.59. The smallest absolute Gasteiger partial charge is 0.419 e. The molecule has 0 N–H and O–H groups in total. The number of ether oxygens (including phenoxy) is 1. The molecule has 0 unspecified atom stereocenters. The largest absolute Gasteiger partial charge is 0.462 e. The van der Waals surface area contributed by atoms with Crippen LogP contribution in [0.15, 0.2) is 18.2 Å². The summed E-state index contributed by atoms with van der Waals surface area (Å²) in [4.78, 5) is 11.6. The highest BCUT2D eigenvalue weighted by molar-refractivity contribution is 5.90. The van der Waals surface area contributed by atoms with Gasteiger partial charge in [-0.2, -0.15) is 13.2 Å². The highest BCUT2D eigenvalue weighted by atomic mass is 19.4. The number of esters is 1. The molecule has 0 radical (unpaired) electrons. The lowest BCUT2D eigenvalue weighted by atomic mass is 9.83. The number of carbonyl (C=O) groups excluding carboxylic acids is 1. The lowest BCUT2D eigenvalue weighted by Crippen LogP contribution is -2.17. The van der Waals surface area contributed by atoms with Crippen LogP contribution in [0.4, 0.5) is 17.6 Å². The average Bonchev–Trinajstić information content (AvgIpc) is 2.30. The lowest BCUT2D eigenvalue weighted by Gasteiger charge is -2.24. The fourth-order valence-corrected chi connectivity index (χ4v) is 2.09. The zero-order valence-corrected chi connectivity index (χ0v) is 10.7. The Bertz CT molecular complexity index is 492. The summed E-state index contributed by atoms with van der Waals surface area (Å²) in [5, 5.41) is 0. The van der Waals surface area contributed by atoms with Gasteiger partial charge in [0.1, 0.15) is 5.82 Å². The zero-order valence-electron chi connectivity index (χ0n) is 10.7. The fourth-order valence-electron chi connectivity index (χ4n) is 2.09. The van der Waals surface area contributed by atoms with E-state index in [4.69, 9.17) is 4.74 Å². The van der Waals surface area contributed by atoms with Gasteiger partial charge in [-0.25, -0.2) is 9.18 Å². The van der Waals surface area contributed by atoms with E-state index in [1.54, 1.807) is 0 Å². The second-order valence-corrected chi connectivity index (χ2v) is 4.89. The molecule has 0 spiro atoms. The molecule has 6 heteroatoms.